The van der Waals surface area contributed by atoms with Crippen LogP contribution in [-0.4, -0.2) is 39.0 Å². The van der Waals surface area contributed by atoms with Crippen molar-refractivity contribution < 1.29 is 9.47 Å². The van der Waals surface area contributed by atoms with Gasteiger partial charge in [0.2, 0.25) is 0 Å². The summed E-state index contributed by atoms with van der Waals surface area (Å²) < 4.78 is 10.7. The fraction of sp³-hybridized carbons (Fsp3) is 1.00. The van der Waals surface area contributed by atoms with Crippen LogP contribution in [-0.2, 0) is 9.47 Å². The van der Waals surface area contributed by atoms with Crippen LogP contribution in [0.1, 0.15) is 34.1 Å². The van der Waals surface area contributed by atoms with Crippen LogP contribution in [0.3, 0.4) is 0 Å². The minimum Gasteiger partial charge on any atom is -0.383 e. The minimum atomic E-state index is 0.365. The molecule has 0 aliphatic rings. The lowest BCUT2D eigenvalue weighted by molar-refractivity contribution is 0.0513. The van der Waals surface area contributed by atoms with E-state index in [4.69, 9.17) is 9.47 Å². The van der Waals surface area contributed by atoms with Crippen molar-refractivity contribution in [2.75, 3.05) is 26.9 Å². The highest BCUT2D eigenvalue weighted by Crippen LogP contribution is 2.06. The molecule has 0 aromatic heterocycles. The second-order valence-corrected chi connectivity index (χ2v) is 4.62. The zero-order chi connectivity index (χ0) is 11.7. The van der Waals surface area contributed by atoms with E-state index in [-0.39, 0.29) is 0 Å². The van der Waals surface area contributed by atoms with Crippen LogP contribution in [0.5, 0.6) is 0 Å². The van der Waals surface area contributed by atoms with Crippen LogP contribution < -0.4 is 5.32 Å². The summed E-state index contributed by atoms with van der Waals surface area (Å²) in [4.78, 5) is 0. The average Bonchev–Trinajstić information content (AvgIpc) is 2.12. The predicted molar refractivity (Wildman–Crippen MR) is 64.2 cm³/mol. The van der Waals surface area contributed by atoms with Crippen LogP contribution in [0.15, 0.2) is 0 Å². The normalized spacial score (nSPS) is 15.6. The maximum absolute atomic E-state index is 5.68. The fourth-order valence-corrected chi connectivity index (χ4v) is 1.61. The van der Waals surface area contributed by atoms with E-state index < -0.39 is 0 Å². The molecular formula is C12H27NO2. The molecule has 0 saturated heterocycles. The molecule has 0 spiro atoms. The summed E-state index contributed by atoms with van der Waals surface area (Å²) in [5.41, 5.74) is 0. The molecule has 0 bridgehead atoms. The molecule has 0 heterocycles. The molecule has 0 aliphatic heterocycles. The van der Waals surface area contributed by atoms with Gasteiger partial charge in [-0.15, -0.1) is 0 Å². The monoisotopic (exact) mass is 217 g/mol. The number of rotatable bonds is 9. The van der Waals surface area contributed by atoms with Crippen LogP contribution in [0, 0.1) is 5.92 Å². The Morgan fingerprint density at radius 2 is 1.80 bits per heavy atom. The van der Waals surface area contributed by atoms with Crippen molar-refractivity contribution in [2.45, 2.75) is 46.3 Å². The molecule has 0 aliphatic carbocycles. The lowest BCUT2D eigenvalue weighted by atomic mass is 10.1. The first-order valence-electron chi connectivity index (χ1n) is 5.90. The number of hydrogen-bond donors (Lipinski definition) is 1. The van der Waals surface area contributed by atoms with Gasteiger partial charge in [0.05, 0.1) is 19.3 Å². The SMILES string of the molecule is COCC(C)NCCOC(C)CC(C)C. The number of methoxy groups -OCH3 is 1. The predicted octanol–water partition coefficient (Wildman–Crippen LogP) is 2.06. The third-order valence-electron chi connectivity index (χ3n) is 2.22. The molecular weight excluding hydrogens is 190 g/mol. The fourth-order valence-electron chi connectivity index (χ4n) is 1.61. The molecule has 0 rings (SSSR count). The Bertz CT molecular complexity index is 140. The van der Waals surface area contributed by atoms with Crippen molar-refractivity contribution in [3.63, 3.8) is 0 Å². The molecule has 0 amide bonds. The third-order valence-corrected chi connectivity index (χ3v) is 2.22. The van der Waals surface area contributed by atoms with Crippen molar-refractivity contribution >= 4 is 0 Å². The summed E-state index contributed by atoms with van der Waals surface area (Å²) in [6.07, 6.45) is 1.50. The lowest BCUT2D eigenvalue weighted by Crippen LogP contribution is -2.33. The number of ether oxygens (including phenoxy) is 2. The second kappa shape index (κ2) is 9.13. The van der Waals surface area contributed by atoms with Crippen molar-refractivity contribution in [1.82, 2.24) is 5.32 Å². The van der Waals surface area contributed by atoms with Gasteiger partial charge in [-0.05, 0) is 26.2 Å². The van der Waals surface area contributed by atoms with Gasteiger partial charge < -0.3 is 14.8 Å². The van der Waals surface area contributed by atoms with E-state index in [9.17, 15) is 0 Å². The molecule has 0 aromatic rings. The van der Waals surface area contributed by atoms with E-state index in [0.29, 0.717) is 18.1 Å². The first-order valence-corrected chi connectivity index (χ1v) is 5.90. The summed E-state index contributed by atoms with van der Waals surface area (Å²) in [6.45, 7) is 11.1. The number of hydrogen-bond acceptors (Lipinski definition) is 3. The lowest BCUT2D eigenvalue weighted by Gasteiger charge is -2.17. The second-order valence-electron chi connectivity index (χ2n) is 4.62. The zero-order valence-corrected chi connectivity index (χ0v) is 10.9. The average molecular weight is 217 g/mol. The van der Waals surface area contributed by atoms with Crippen molar-refractivity contribution in [1.29, 1.82) is 0 Å². The summed E-state index contributed by atoms with van der Waals surface area (Å²) in [5.74, 6) is 0.709. The van der Waals surface area contributed by atoms with Crippen LogP contribution >= 0.6 is 0 Å². The Kier molecular flexibility index (Phi) is 9.06. The van der Waals surface area contributed by atoms with Gasteiger partial charge in [-0.1, -0.05) is 13.8 Å². The van der Waals surface area contributed by atoms with E-state index >= 15 is 0 Å². The van der Waals surface area contributed by atoms with E-state index in [1.54, 1.807) is 7.11 Å². The Labute approximate surface area is 94.5 Å². The third kappa shape index (κ3) is 10.2. The molecule has 0 fully saturated rings. The van der Waals surface area contributed by atoms with Crippen LogP contribution in [0.4, 0.5) is 0 Å². The molecule has 3 heteroatoms. The highest BCUT2D eigenvalue weighted by atomic mass is 16.5. The highest BCUT2D eigenvalue weighted by Gasteiger charge is 2.05. The Morgan fingerprint density at radius 3 is 2.33 bits per heavy atom. The Balaban J connectivity index is 3.30. The summed E-state index contributed by atoms with van der Waals surface area (Å²) in [6, 6.07) is 0.402. The van der Waals surface area contributed by atoms with Crippen molar-refractivity contribution in [3.05, 3.63) is 0 Å². The van der Waals surface area contributed by atoms with Gasteiger partial charge in [0.1, 0.15) is 0 Å². The topological polar surface area (TPSA) is 30.5 Å². The first kappa shape index (κ1) is 14.9. The van der Waals surface area contributed by atoms with E-state index in [1.165, 1.54) is 0 Å². The van der Waals surface area contributed by atoms with E-state index in [2.05, 4.69) is 33.0 Å². The molecule has 2 atom stereocenters. The maximum atomic E-state index is 5.68. The van der Waals surface area contributed by atoms with Gasteiger partial charge >= 0.3 is 0 Å². The molecule has 0 saturated carbocycles. The van der Waals surface area contributed by atoms with E-state index in [1.807, 2.05) is 0 Å². The molecule has 2 unspecified atom stereocenters. The largest absolute Gasteiger partial charge is 0.383 e. The van der Waals surface area contributed by atoms with Crippen LogP contribution in [0.2, 0.25) is 0 Å². The van der Waals surface area contributed by atoms with Gasteiger partial charge in [0.25, 0.3) is 0 Å². The van der Waals surface area contributed by atoms with Crippen LogP contribution in [0.25, 0.3) is 0 Å². The van der Waals surface area contributed by atoms with Gasteiger partial charge in [-0.3, -0.25) is 0 Å². The van der Waals surface area contributed by atoms with Crippen molar-refractivity contribution in [2.24, 2.45) is 5.92 Å². The first-order chi connectivity index (χ1) is 7.06. The molecule has 1 N–H and O–H groups in total. The van der Waals surface area contributed by atoms with Gasteiger partial charge in [-0.25, -0.2) is 0 Å². The quantitative estimate of drug-likeness (QED) is 0.600. The molecule has 0 aromatic carbocycles. The smallest absolute Gasteiger partial charge is 0.0613 e. The minimum absolute atomic E-state index is 0.365. The summed E-state index contributed by atoms with van der Waals surface area (Å²) in [5, 5.41) is 3.34. The molecule has 15 heavy (non-hydrogen) atoms. The molecule has 3 nitrogen and oxygen atoms in total. The standard InChI is InChI=1S/C12H27NO2/c1-10(2)8-12(4)15-7-6-13-11(3)9-14-5/h10-13H,6-9H2,1-5H3. The van der Waals surface area contributed by atoms with Gasteiger partial charge in [0.15, 0.2) is 0 Å². The highest BCUT2D eigenvalue weighted by molar-refractivity contribution is 4.59. The Hall–Kier alpha value is -0.120. The molecule has 0 radical (unpaired) electrons. The number of nitrogens with one attached hydrogen (secondary N) is 1. The molecule has 92 valence electrons. The maximum Gasteiger partial charge on any atom is 0.0613 e. The zero-order valence-electron chi connectivity index (χ0n) is 10.9. The van der Waals surface area contributed by atoms with Gasteiger partial charge in [-0.2, -0.15) is 0 Å². The summed E-state index contributed by atoms with van der Waals surface area (Å²) in [7, 11) is 1.72. The van der Waals surface area contributed by atoms with Gasteiger partial charge in [0, 0.05) is 19.7 Å². The van der Waals surface area contributed by atoms with Crippen molar-refractivity contribution in [3.8, 4) is 0 Å². The summed E-state index contributed by atoms with van der Waals surface area (Å²) >= 11 is 0. The van der Waals surface area contributed by atoms with E-state index in [0.717, 1.165) is 26.2 Å². The Morgan fingerprint density at radius 1 is 1.13 bits per heavy atom.